The number of nitrogens with one attached hydrogen (secondary N) is 1. The van der Waals surface area contributed by atoms with E-state index in [1.165, 1.54) is 0 Å². The number of hydrogen-bond donors (Lipinski definition) is 1. The fourth-order valence-electron chi connectivity index (χ4n) is 2.82. The molecule has 0 saturated carbocycles. The predicted octanol–water partition coefficient (Wildman–Crippen LogP) is 5.05. The van der Waals surface area contributed by atoms with Gasteiger partial charge in [-0.1, -0.05) is 56.3 Å². The van der Waals surface area contributed by atoms with Gasteiger partial charge in [0.2, 0.25) is 11.6 Å². The number of benzene rings is 2. The van der Waals surface area contributed by atoms with Crippen molar-refractivity contribution in [2.45, 2.75) is 32.6 Å². The van der Waals surface area contributed by atoms with Gasteiger partial charge >= 0.3 is 0 Å². The molecule has 5 nitrogen and oxygen atoms in total. The summed E-state index contributed by atoms with van der Waals surface area (Å²) < 4.78 is 5.72. The van der Waals surface area contributed by atoms with Crippen molar-refractivity contribution in [2.24, 2.45) is 5.10 Å². The van der Waals surface area contributed by atoms with Crippen LogP contribution in [-0.4, -0.2) is 11.2 Å². The second-order valence-corrected chi connectivity index (χ2v) is 5.79. The van der Waals surface area contributed by atoms with Crippen LogP contribution in [0.15, 0.2) is 52.0 Å². The molecule has 126 valence electrons. The van der Waals surface area contributed by atoms with Crippen LogP contribution >= 0.6 is 0 Å². The molecule has 0 fully saturated rings. The molecule has 3 rings (SSSR count). The summed E-state index contributed by atoms with van der Waals surface area (Å²) in [5, 5.41) is 15.8. The van der Waals surface area contributed by atoms with Gasteiger partial charge in [-0.2, -0.15) is 10.4 Å². The molecule has 0 radical (unpaired) electrons. The van der Waals surface area contributed by atoms with Crippen molar-refractivity contribution in [2.75, 3.05) is 5.43 Å². The largest absolute Gasteiger partial charge is 0.422 e. The molecule has 0 atom stereocenters. The highest BCUT2D eigenvalue weighted by atomic mass is 16.4. The molecule has 0 amide bonds. The van der Waals surface area contributed by atoms with Crippen LogP contribution in [0.25, 0.3) is 10.8 Å². The second kappa shape index (κ2) is 7.63. The summed E-state index contributed by atoms with van der Waals surface area (Å²) in [6, 6.07) is 16.2. The Bertz CT molecular complexity index is 927. The fourth-order valence-corrected chi connectivity index (χ4v) is 2.82. The van der Waals surface area contributed by atoms with Crippen molar-refractivity contribution >= 4 is 22.9 Å². The Morgan fingerprint density at radius 3 is 2.72 bits per heavy atom. The van der Waals surface area contributed by atoms with Crippen LogP contribution in [0, 0.1) is 11.3 Å². The zero-order chi connectivity index (χ0) is 17.6. The lowest BCUT2D eigenvalue weighted by molar-refractivity contribution is 0.439. The molecule has 0 spiro atoms. The van der Waals surface area contributed by atoms with Gasteiger partial charge in [-0.05, 0) is 23.6 Å². The van der Waals surface area contributed by atoms with Crippen LogP contribution in [0.1, 0.15) is 49.8 Å². The van der Waals surface area contributed by atoms with Gasteiger partial charge in [0.15, 0.2) is 0 Å². The molecule has 0 saturated heterocycles. The van der Waals surface area contributed by atoms with Crippen molar-refractivity contribution < 1.29 is 4.42 Å². The fraction of sp³-hybridized carbons (Fsp3) is 0.250. The van der Waals surface area contributed by atoms with E-state index in [0.29, 0.717) is 11.8 Å². The molecule has 0 aliphatic carbocycles. The standard InChI is InChI=1S/C20H20N4O/c1-3-14(4-2)19-23-18(12-21)20(25-19)24-22-13-16-10-7-9-15-8-5-6-11-17(15)16/h5-11,13-14,24H,3-4H2,1-2H3. The summed E-state index contributed by atoms with van der Waals surface area (Å²) in [7, 11) is 0. The smallest absolute Gasteiger partial charge is 0.252 e. The van der Waals surface area contributed by atoms with Gasteiger partial charge in [0.25, 0.3) is 5.88 Å². The van der Waals surface area contributed by atoms with Crippen LogP contribution in [0.4, 0.5) is 5.88 Å². The topological polar surface area (TPSA) is 74.2 Å². The molecular formula is C20H20N4O. The number of fused-ring (bicyclic) bond motifs is 1. The van der Waals surface area contributed by atoms with Gasteiger partial charge in [0.05, 0.1) is 6.21 Å². The number of nitrogens with zero attached hydrogens (tertiary/aromatic N) is 3. The number of aromatic nitrogens is 1. The average molecular weight is 332 g/mol. The molecule has 0 bridgehead atoms. The lowest BCUT2D eigenvalue weighted by atomic mass is 10.0. The Morgan fingerprint density at radius 1 is 1.20 bits per heavy atom. The summed E-state index contributed by atoms with van der Waals surface area (Å²) in [5.41, 5.74) is 4.04. The van der Waals surface area contributed by atoms with E-state index in [0.717, 1.165) is 29.2 Å². The maximum absolute atomic E-state index is 9.25. The molecule has 1 N–H and O–H groups in total. The maximum atomic E-state index is 9.25. The highest BCUT2D eigenvalue weighted by Crippen LogP contribution is 2.27. The lowest BCUT2D eigenvalue weighted by Crippen LogP contribution is -1.95. The number of anilines is 1. The van der Waals surface area contributed by atoms with Crippen molar-refractivity contribution in [1.29, 1.82) is 5.26 Å². The van der Waals surface area contributed by atoms with E-state index >= 15 is 0 Å². The Balaban J connectivity index is 1.83. The normalized spacial score (nSPS) is 11.3. The number of oxazole rings is 1. The van der Waals surface area contributed by atoms with Gasteiger partial charge < -0.3 is 4.42 Å². The molecular weight excluding hydrogens is 312 g/mol. The Kier molecular flexibility index (Phi) is 5.10. The third kappa shape index (κ3) is 3.53. The first-order chi connectivity index (χ1) is 12.3. The number of nitriles is 1. The SMILES string of the molecule is CCC(CC)c1nc(C#N)c(NN=Cc2cccc3ccccc23)o1. The van der Waals surface area contributed by atoms with E-state index in [4.69, 9.17) is 4.42 Å². The summed E-state index contributed by atoms with van der Waals surface area (Å²) in [5.74, 6) is 1.09. The van der Waals surface area contributed by atoms with Gasteiger partial charge in [-0.25, -0.2) is 10.4 Å². The van der Waals surface area contributed by atoms with E-state index in [9.17, 15) is 5.26 Å². The molecule has 0 aliphatic rings. The molecule has 5 heteroatoms. The molecule has 25 heavy (non-hydrogen) atoms. The second-order valence-electron chi connectivity index (χ2n) is 5.79. The minimum absolute atomic E-state index is 0.213. The Morgan fingerprint density at radius 2 is 1.96 bits per heavy atom. The highest BCUT2D eigenvalue weighted by Gasteiger charge is 2.18. The molecule has 2 aromatic carbocycles. The van der Waals surface area contributed by atoms with Crippen LogP contribution in [0.2, 0.25) is 0 Å². The Hall–Kier alpha value is -3.13. The monoisotopic (exact) mass is 332 g/mol. The van der Waals surface area contributed by atoms with E-state index in [2.05, 4.69) is 53.6 Å². The third-order valence-corrected chi connectivity index (χ3v) is 4.28. The van der Waals surface area contributed by atoms with E-state index < -0.39 is 0 Å². The molecule has 3 aromatic rings. The van der Waals surface area contributed by atoms with E-state index in [-0.39, 0.29) is 11.6 Å². The maximum Gasteiger partial charge on any atom is 0.252 e. The number of hydrazone groups is 1. The van der Waals surface area contributed by atoms with Crippen LogP contribution in [0.3, 0.4) is 0 Å². The first-order valence-electron chi connectivity index (χ1n) is 8.44. The summed E-state index contributed by atoms with van der Waals surface area (Å²) >= 11 is 0. The molecule has 0 aliphatic heterocycles. The quantitative estimate of drug-likeness (QED) is 0.506. The zero-order valence-electron chi connectivity index (χ0n) is 14.4. The number of rotatable bonds is 6. The summed E-state index contributed by atoms with van der Waals surface area (Å²) in [6.45, 7) is 4.16. The molecule has 1 heterocycles. The summed E-state index contributed by atoms with van der Waals surface area (Å²) in [6.07, 6.45) is 3.56. The van der Waals surface area contributed by atoms with E-state index in [1.807, 2.05) is 24.3 Å². The van der Waals surface area contributed by atoms with Crippen molar-refractivity contribution in [3.05, 3.63) is 59.6 Å². The summed E-state index contributed by atoms with van der Waals surface area (Å²) in [4.78, 5) is 4.28. The predicted molar refractivity (Wildman–Crippen MR) is 99.7 cm³/mol. The third-order valence-electron chi connectivity index (χ3n) is 4.28. The minimum Gasteiger partial charge on any atom is -0.422 e. The lowest BCUT2D eigenvalue weighted by Gasteiger charge is -2.05. The van der Waals surface area contributed by atoms with Crippen molar-refractivity contribution in [3.63, 3.8) is 0 Å². The van der Waals surface area contributed by atoms with Gasteiger partial charge in [0.1, 0.15) is 6.07 Å². The highest BCUT2D eigenvalue weighted by molar-refractivity contribution is 5.99. The zero-order valence-corrected chi connectivity index (χ0v) is 14.4. The van der Waals surface area contributed by atoms with Crippen molar-refractivity contribution in [1.82, 2.24) is 4.98 Å². The first-order valence-corrected chi connectivity index (χ1v) is 8.44. The first kappa shape index (κ1) is 16.7. The average Bonchev–Trinajstić information content (AvgIpc) is 3.06. The Labute approximate surface area is 147 Å². The van der Waals surface area contributed by atoms with Gasteiger partial charge in [-0.3, -0.25) is 0 Å². The van der Waals surface area contributed by atoms with Crippen LogP contribution in [-0.2, 0) is 0 Å². The number of hydrogen-bond acceptors (Lipinski definition) is 5. The molecule has 1 aromatic heterocycles. The van der Waals surface area contributed by atoms with Crippen LogP contribution < -0.4 is 5.43 Å². The molecule has 0 unspecified atom stereocenters. The van der Waals surface area contributed by atoms with E-state index in [1.54, 1.807) is 6.21 Å². The van der Waals surface area contributed by atoms with Gasteiger partial charge in [-0.15, -0.1) is 0 Å². The minimum atomic E-state index is 0.213. The van der Waals surface area contributed by atoms with Crippen molar-refractivity contribution in [3.8, 4) is 6.07 Å². The van der Waals surface area contributed by atoms with Crippen LogP contribution in [0.5, 0.6) is 0 Å². The van der Waals surface area contributed by atoms with Gasteiger partial charge in [0, 0.05) is 11.5 Å².